The minimum atomic E-state index is -1.06. The zero-order valence-corrected chi connectivity index (χ0v) is 11.2. The Morgan fingerprint density at radius 1 is 1.47 bits per heavy atom. The normalized spacial score (nSPS) is 10.5. The van der Waals surface area contributed by atoms with Gasteiger partial charge in [0.05, 0.1) is 10.7 Å². The van der Waals surface area contributed by atoms with Crippen molar-refractivity contribution >= 4 is 33.5 Å². The first kappa shape index (κ1) is 12.1. The largest absolute Gasteiger partial charge is 0.476 e. The Morgan fingerprint density at radius 2 is 2.18 bits per heavy atom. The van der Waals surface area contributed by atoms with E-state index in [1.807, 2.05) is 12.1 Å². The van der Waals surface area contributed by atoms with Crippen LogP contribution < -0.4 is 0 Å². The van der Waals surface area contributed by atoms with Crippen molar-refractivity contribution in [1.82, 2.24) is 9.78 Å². The molecule has 4 nitrogen and oxygen atoms in total. The number of carboxylic acid groups (broad SMARTS) is 1. The predicted octanol–water partition coefficient (Wildman–Crippen LogP) is 3.20. The van der Waals surface area contributed by atoms with Crippen LogP contribution in [0.5, 0.6) is 0 Å². The minimum Gasteiger partial charge on any atom is -0.476 e. The average Bonchev–Trinajstić information content (AvgIpc) is 2.61. The molecule has 1 aromatic carbocycles. The van der Waals surface area contributed by atoms with Crippen molar-refractivity contribution in [2.24, 2.45) is 7.05 Å². The van der Waals surface area contributed by atoms with Crippen molar-refractivity contribution in [3.8, 4) is 11.3 Å². The maximum absolute atomic E-state index is 10.8. The molecule has 0 fully saturated rings. The van der Waals surface area contributed by atoms with Gasteiger partial charge in [-0.25, -0.2) is 4.79 Å². The van der Waals surface area contributed by atoms with Gasteiger partial charge in [-0.3, -0.25) is 4.68 Å². The van der Waals surface area contributed by atoms with Gasteiger partial charge in [-0.1, -0.05) is 33.6 Å². The maximum atomic E-state index is 10.8. The summed E-state index contributed by atoms with van der Waals surface area (Å²) >= 11 is 9.42. The minimum absolute atomic E-state index is 0.00138. The van der Waals surface area contributed by atoms with Gasteiger partial charge in [0.2, 0.25) is 0 Å². The average molecular weight is 316 g/mol. The first-order valence-electron chi connectivity index (χ1n) is 4.72. The molecule has 0 atom stereocenters. The van der Waals surface area contributed by atoms with E-state index in [0.717, 1.165) is 10.0 Å². The zero-order valence-electron chi connectivity index (χ0n) is 8.82. The molecular weight excluding hydrogens is 307 g/mol. The molecule has 0 unspecified atom stereocenters. The molecule has 0 saturated heterocycles. The Bertz CT molecular complexity index is 595. The molecular formula is C11H8BrClN2O2. The summed E-state index contributed by atoms with van der Waals surface area (Å²) in [5.41, 5.74) is 1.42. The van der Waals surface area contributed by atoms with Gasteiger partial charge < -0.3 is 5.11 Å². The molecule has 6 heteroatoms. The van der Waals surface area contributed by atoms with E-state index in [1.54, 1.807) is 13.1 Å². The Kier molecular flexibility index (Phi) is 3.22. The van der Waals surface area contributed by atoms with Crippen LogP contribution in [0.25, 0.3) is 11.3 Å². The third kappa shape index (κ3) is 2.35. The van der Waals surface area contributed by atoms with E-state index in [0.29, 0.717) is 10.7 Å². The van der Waals surface area contributed by atoms with Crippen molar-refractivity contribution in [3.05, 3.63) is 39.5 Å². The van der Waals surface area contributed by atoms with Gasteiger partial charge >= 0.3 is 5.97 Å². The molecule has 17 heavy (non-hydrogen) atoms. The van der Waals surface area contributed by atoms with Gasteiger partial charge in [-0.2, -0.15) is 5.10 Å². The molecule has 0 aliphatic carbocycles. The number of benzene rings is 1. The van der Waals surface area contributed by atoms with Crippen molar-refractivity contribution in [1.29, 1.82) is 0 Å². The molecule has 0 radical (unpaired) electrons. The molecule has 0 saturated carbocycles. The summed E-state index contributed by atoms with van der Waals surface area (Å²) in [6.07, 6.45) is 0. The van der Waals surface area contributed by atoms with Crippen molar-refractivity contribution in [2.75, 3.05) is 0 Å². The number of hydrogen-bond donors (Lipinski definition) is 1. The zero-order chi connectivity index (χ0) is 12.6. The highest BCUT2D eigenvalue weighted by Gasteiger charge is 2.14. The number of nitrogens with zero attached hydrogens (tertiary/aromatic N) is 2. The lowest BCUT2D eigenvalue weighted by Gasteiger charge is -2.04. The number of carboxylic acids is 1. The van der Waals surface area contributed by atoms with Gasteiger partial charge in [0.15, 0.2) is 5.69 Å². The van der Waals surface area contributed by atoms with Crippen molar-refractivity contribution in [2.45, 2.75) is 0 Å². The SMILES string of the molecule is Cn1nc(C(=O)O)cc1-c1ccc(Br)cc1Cl. The van der Waals surface area contributed by atoms with E-state index in [4.69, 9.17) is 16.7 Å². The summed E-state index contributed by atoms with van der Waals surface area (Å²) in [4.78, 5) is 10.8. The number of aromatic carboxylic acids is 1. The quantitative estimate of drug-likeness (QED) is 0.926. The van der Waals surface area contributed by atoms with E-state index in [9.17, 15) is 4.79 Å². The highest BCUT2D eigenvalue weighted by molar-refractivity contribution is 9.10. The van der Waals surface area contributed by atoms with Crippen LogP contribution in [0.3, 0.4) is 0 Å². The second kappa shape index (κ2) is 4.50. The molecule has 0 aliphatic rings. The summed E-state index contributed by atoms with van der Waals surface area (Å²) in [6, 6.07) is 6.91. The fraction of sp³-hybridized carbons (Fsp3) is 0.0909. The predicted molar refractivity (Wildman–Crippen MR) is 68.3 cm³/mol. The fourth-order valence-corrected chi connectivity index (χ4v) is 2.29. The summed E-state index contributed by atoms with van der Waals surface area (Å²) in [7, 11) is 1.68. The summed E-state index contributed by atoms with van der Waals surface area (Å²) in [5.74, 6) is -1.06. The third-order valence-corrected chi connectivity index (χ3v) is 3.11. The van der Waals surface area contributed by atoms with Gasteiger partial charge in [-0.15, -0.1) is 0 Å². The lowest BCUT2D eigenvalue weighted by atomic mass is 10.1. The van der Waals surface area contributed by atoms with Crippen LogP contribution in [0.15, 0.2) is 28.7 Å². The van der Waals surface area contributed by atoms with Crippen LogP contribution in [-0.4, -0.2) is 20.9 Å². The summed E-state index contributed by atoms with van der Waals surface area (Å²) < 4.78 is 2.37. The molecule has 2 aromatic rings. The Balaban J connectivity index is 2.56. The highest BCUT2D eigenvalue weighted by atomic mass is 79.9. The van der Waals surface area contributed by atoms with Gasteiger partial charge in [0, 0.05) is 17.1 Å². The Labute approximate surface area is 111 Å². The van der Waals surface area contributed by atoms with E-state index < -0.39 is 5.97 Å². The monoisotopic (exact) mass is 314 g/mol. The van der Waals surface area contributed by atoms with Crippen LogP contribution in [0, 0.1) is 0 Å². The molecule has 1 heterocycles. The van der Waals surface area contributed by atoms with Crippen LogP contribution in [0.2, 0.25) is 5.02 Å². The first-order chi connectivity index (χ1) is 7.99. The molecule has 1 N–H and O–H groups in total. The first-order valence-corrected chi connectivity index (χ1v) is 5.89. The van der Waals surface area contributed by atoms with Crippen molar-refractivity contribution < 1.29 is 9.90 Å². The van der Waals surface area contributed by atoms with Gasteiger partial charge in [0.25, 0.3) is 0 Å². The molecule has 1 aromatic heterocycles. The molecule has 0 amide bonds. The van der Waals surface area contributed by atoms with E-state index in [1.165, 1.54) is 10.7 Å². The maximum Gasteiger partial charge on any atom is 0.356 e. The molecule has 2 rings (SSSR count). The number of aromatic nitrogens is 2. The Hall–Kier alpha value is -1.33. The standard InChI is InChI=1S/C11H8BrClN2O2/c1-15-10(5-9(14-15)11(16)17)7-3-2-6(12)4-8(7)13/h2-5H,1H3,(H,16,17). The van der Waals surface area contributed by atoms with E-state index >= 15 is 0 Å². The molecule has 0 aliphatic heterocycles. The lowest BCUT2D eigenvalue weighted by Crippen LogP contribution is -1.99. The van der Waals surface area contributed by atoms with Crippen LogP contribution in [0.4, 0.5) is 0 Å². The number of aryl methyl sites for hydroxylation is 1. The number of hydrogen-bond acceptors (Lipinski definition) is 2. The van der Waals surface area contributed by atoms with Gasteiger partial charge in [0.1, 0.15) is 0 Å². The molecule has 0 bridgehead atoms. The van der Waals surface area contributed by atoms with Crippen LogP contribution in [-0.2, 0) is 7.05 Å². The summed E-state index contributed by atoms with van der Waals surface area (Å²) in [6.45, 7) is 0. The summed E-state index contributed by atoms with van der Waals surface area (Å²) in [5, 5.41) is 13.3. The van der Waals surface area contributed by atoms with Gasteiger partial charge in [-0.05, 0) is 18.2 Å². The highest BCUT2D eigenvalue weighted by Crippen LogP contribution is 2.30. The Morgan fingerprint density at radius 3 is 2.71 bits per heavy atom. The van der Waals surface area contributed by atoms with Crippen LogP contribution in [0.1, 0.15) is 10.5 Å². The van der Waals surface area contributed by atoms with E-state index in [2.05, 4.69) is 21.0 Å². The smallest absolute Gasteiger partial charge is 0.356 e. The number of carbonyl (C=O) groups is 1. The molecule has 88 valence electrons. The second-order valence-corrected chi connectivity index (χ2v) is 4.79. The molecule has 0 spiro atoms. The number of halogens is 2. The third-order valence-electron chi connectivity index (χ3n) is 2.31. The number of rotatable bonds is 2. The fourth-order valence-electron chi connectivity index (χ4n) is 1.52. The van der Waals surface area contributed by atoms with E-state index in [-0.39, 0.29) is 5.69 Å². The lowest BCUT2D eigenvalue weighted by molar-refractivity contribution is 0.0689. The van der Waals surface area contributed by atoms with Crippen LogP contribution >= 0.6 is 27.5 Å². The van der Waals surface area contributed by atoms with Crippen molar-refractivity contribution in [3.63, 3.8) is 0 Å². The topological polar surface area (TPSA) is 55.1 Å². The second-order valence-electron chi connectivity index (χ2n) is 3.47.